The van der Waals surface area contributed by atoms with E-state index in [0.717, 1.165) is 24.4 Å². The lowest BCUT2D eigenvalue weighted by atomic mass is 10.3. The summed E-state index contributed by atoms with van der Waals surface area (Å²) in [6.45, 7) is 0.709. The summed E-state index contributed by atoms with van der Waals surface area (Å²) in [7, 11) is 0. The first-order valence-electron chi connectivity index (χ1n) is 4.54. The molecule has 66 valence electrons. The average molecular weight is 166 g/mol. The first-order valence-corrected chi connectivity index (χ1v) is 4.54. The zero-order valence-electron chi connectivity index (χ0n) is 7.12. The molecule has 1 aromatic heterocycles. The van der Waals surface area contributed by atoms with Crippen molar-refractivity contribution in [1.82, 2.24) is 4.98 Å². The van der Waals surface area contributed by atoms with E-state index in [-0.39, 0.29) is 0 Å². The third kappa shape index (κ3) is 1.67. The van der Waals surface area contributed by atoms with Gasteiger partial charge in [-0.25, -0.2) is 4.98 Å². The summed E-state index contributed by atoms with van der Waals surface area (Å²) >= 11 is 0. The fourth-order valence-corrected chi connectivity index (χ4v) is 1.26. The Morgan fingerprint density at radius 3 is 3.08 bits per heavy atom. The molecule has 0 radical (unpaired) electrons. The average Bonchev–Trinajstić information content (AvgIpc) is 2.83. The van der Waals surface area contributed by atoms with E-state index in [4.69, 9.17) is 10.2 Å². The molecule has 0 spiro atoms. The molecular weight excluding hydrogens is 152 g/mol. The van der Waals surface area contributed by atoms with Crippen LogP contribution < -0.4 is 5.73 Å². The quantitative estimate of drug-likeness (QED) is 0.736. The van der Waals surface area contributed by atoms with Crippen LogP contribution in [0.5, 0.6) is 0 Å². The van der Waals surface area contributed by atoms with Crippen molar-refractivity contribution in [3.05, 3.63) is 17.8 Å². The van der Waals surface area contributed by atoms with Crippen LogP contribution in [0.4, 0.5) is 0 Å². The molecule has 2 N–H and O–H groups in total. The van der Waals surface area contributed by atoms with Gasteiger partial charge in [-0.15, -0.1) is 0 Å². The number of nitrogens with two attached hydrogens (primary N) is 1. The lowest BCUT2D eigenvalue weighted by molar-refractivity contribution is 0.488. The van der Waals surface area contributed by atoms with Crippen molar-refractivity contribution in [1.29, 1.82) is 0 Å². The Morgan fingerprint density at radius 1 is 1.58 bits per heavy atom. The number of hydrogen-bond acceptors (Lipinski definition) is 3. The van der Waals surface area contributed by atoms with Crippen LogP contribution in [-0.4, -0.2) is 11.5 Å². The van der Waals surface area contributed by atoms with Crippen molar-refractivity contribution in [2.24, 2.45) is 5.73 Å². The fourth-order valence-electron chi connectivity index (χ4n) is 1.26. The summed E-state index contributed by atoms with van der Waals surface area (Å²) in [5, 5.41) is 0. The van der Waals surface area contributed by atoms with Crippen LogP contribution in [0.15, 0.2) is 10.7 Å². The van der Waals surface area contributed by atoms with Gasteiger partial charge in [-0.1, -0.05) is 0 Å². The van der Waals surface area contributed by atoms with Gasteiger partial charge < -0.3 is 10.2 Å². The van der Waals surface area contributed by atoms with Crippen LogP contribution in [0.3, 0.4) is 0 Å². The summed E-state index contributed by atoms with van der Waals surface area (Å²) in [6, 6.07) is 0. The van der Waals surface area contributed by atoms with Gasteiger partial charge in [0.1, 0.15) is 6.26 Å². The standard InChI is InChI=1S/C9H14N2O/c10-5-1-2-9-11-8(6-12-9)7-3-4-7/h6-7H,1-5,10H2. The molecule has 1 fully saturated rings. The van der Waals surface area contributed by atoms with Gasteiger partial charge in [0, 0.05) is 12.3 Å². The van der Waals surface area contributed by atoms with E-state index in [9.17, 15) is 0 Å². The van der Waals surface area contributed by atoms with Gasteiger partial charge in [0.05, 0.1) is 5.69 Å². The smallest absolute Gasteiger partial charge is 0.194 e. The van der Waals surface area contributed by atoms with Crippen molar-refractivity contribution < 1.29 is 4.42 Å². The van der Waals surface area contributed by atoms with E-state index >= 15 is 0 Å². The monoisotopic (exact) mass is 166 g/mol. The molecule has 0 aliphatic heterocycles. The molecule has 0 aromatic carbocycles. The van der Waals surface area contributed by atoms with Crippen molar-refractivity contribution in [3.8, 4) is 0 Å². The molecular formula is C9H14N2O. The molecule has 1 saturated carbocycles. The summed E-state index contributed by atoms with van der Waals surface area (Å²) < 4.78 is 5.30. The SMILES string of the molecule is NCCCc1nc(C2CC2)co1. The molecule has 1 heterocycles. The molecule has 12 heavy (non-hydrogen) atoms. The summed E-state index contributed by atoms with van der Waals surface area (Å²) in [6.07, 6.45) is 6.20. The van der Waals surface area contributed by atoms with Crippen LogP contribution in [0.2, 0.25) is 0 Å². The van der Waals surface area contributed by atoms with Gasteiger partial charge >= 0.3 is 0 Å². The molecule has 3 heteroatoms. The van der Waals surface area contributed by atoms with Gasteiger partial charge in [0.25, 0.3) is 0 Å². The molecule has 0 amide bonds. The normalized spacial score (nSPS) is 16.8. The molecule has 0 atom stereocenters. The highest BCUT2D eigenvalue weighted by Crippen LogP contribution is 2.39. The Labute approximate surface area is 72.0 Å². The van der Waals surface area contributed by atoms with E-state index in [1.807, 2.05) is 0 Å². The maximum absolute atomic E-state index is 5.39. The first-order chi connectivity index (χ1) is 5.90. The van der Waals surface area contributed by atoms with Crippen LogP contribution in [0.25, 0.3) is 0 Å². The first kappa shape index (κ1) is 7.80. The Bertz CT molecular complexity index is 253. The third-order valence-electron chi connectivity index (χ3n) is 2.16. The number of nitrogens with zero attached hydrogens (tertiary/aromatic N) is 1. The second-order valence-electron chi connectivity index (χ2n) is 3.33. The lowest BCUT2D eigenvalue weighted by Crippen LogP contribution is -2.00. The Balaban J connectivity index is 1.93. The topological polar surface area (TPSA) is 52.0 Å². The Kier molecular flexibility index (Phi) is 2.13. The molecule has 0 bridgehead atoms. The maximum Gasteiger partial charge on any atom is 0.194 e. The predicted molar refractivity (Wildman–Crippen MR) is 45.9 cm³/mol. The minimum Gasteiger partial charge on any atom is -0.449 e. The van der Waals surface area contributed by atoms with Crippen LogP contribution >= 0.6 is 0 Å². The lowest BCUT2D eigenvalue weighted by Gasteiger charge is -1.89. The van der Waals surface area contributed by atoms with Crippen molar-refractivity contribution in [2.45, 2.75) is 31.6 Å². The zero-order chi connectivity index (χ0) is 8.39. The molecule has 0 unspecified atom stereocenters. The minimum atomic E-state index is 0.695. The Morgan fingerprint density at radius 2 is 2.42 bits per heavy atom. The number of aryl methyl sites for hydroxylation is 1. The number of oxazole rings is 1. The van der Waals surface area contributed by atoms with Gasteiger partial charge in [-0.05, 0) is 25.8 Å². The minimum absolute atomic E-state index is 0.695. The van der Waals surface area contributed by atoms with Crippen molar-refractivity contribution >= 4 is 0 Å². The van der Waals surface area contributed by atoms with Gasteiger partial charge in [0.2, 0.25) is 0 Å². The molecule has 2 rings (SSSR count). The fraction of sp³-hybridized carbons (Fsp3) is 0.667. The van der Waals surface area contributed by atoms with E-state index in [2.05, 4.69) is 4.98 Å². The molecule has 1 aliphatic rings. The largest absolute Gasteiger partial charge is 0.449 e. The molecule has 1 aromatic rings. The zero-order valence-corrected chi connectivity index (χ0v) is 7.12. The highest BCUT2D eigenvalue weighted by Gasteiger charge is 2.26. The highest BCUT2D eigenvalue weighted by molar-refractivity contribution is 5.10. The van der Waals surface area contributed by atoms with Gasteiger partial charge in [-0.2, -0.15) is 0 Å². The number of rotatable bonds is 4. The summed E-state index contributed by atoms with van der Waals surface area (Å²) in [5.74, 6) is 1.54. The molecule has 3 nitrogen and oxygen atoms in total. The summed E-state index contributed by atoms with van der Waals surface area (Å²) in [5.41, 5.74) is 6.53. The van der Waals surface area contributed by atoms with E-state index < -0.39 is 0 Å². The van der Waals surface area contributed by atoms with Crippen LogP contribution in [0, 0.1) is 0 Å². The Hall–Kier alpha value is -0.830. The van der Waals surface area contributed by atoms with Crippen molar-refractivity contribution in [3.63, 3.8) is 0 Å². The number of aromatic nitrogens is 1. The van der Waals surface area contributed by atoms with E-state index in [1.165, 1.54) is 12.8 Å². The van der Waals surface area contributed by atoms with E-state index in [1.54, 1.807) is 6.26 Å². The van der Waals surface area contributed by atoms with Crippen LogP contribution in [0.1, 0.15) is 36.8 Å². The van der Waals surface area contributed by atoms with E-state index in [0.29, 0.717) is 12.5 Å². The van der Waals surface area contributed by atoms with Gasteiger partial charge in [0.15, 0.2) is 5.89 Å². The second kappa shape index (κ2) is 3.27. The molecule has 0 saturated heterocycles. The summed E-state index contributed by atoms with van der Waals surface area (Å²) in [4.78, 5) is 4.39. The predicted octanol–water partition coefficient (Wildman–Crippen LogP) is 1.44. The highest BCUT2D eigenvalue weighted by atomic mass is 16.3. The van der Waals surface area contributed by atoms with Crippen molar-refractivity contribution in [2.75, 3.05) is 6.54 Å². The second-order valence-corrected chi connectivity index (χ2v) is 3.33. The maximum atomic E-state index is 5.39. The number of hydrogen-bond donors (Lipinski definition) is 1. The van der Waals surface area contributed by atoms with Crippen LogP contribution in [-0.2, 0) is 6.42 Å². The molecule has 1 aliphatic carbocycles. The van der Waals surface area contributed by atoms with Gasteiger partial charge in [-0.3, -0.25) is 0 Å². The third-order valence-corrected chi connectivity index (χ3v) is 2.16.